The summed E-state index contributed by atoms with van der Waals surface area (Å²) >= 11 is 0. The van der Waals surface area contributed by atoms with Crippen molar-refractivity contribution in [1.29, 1.82) is 0 Å². The highest BCUT2D eigenvalue weighted by Crippen LogP contribution is 2.19. The van der Waals surface area contributed by atoms with Crippen LogP contribution >= 0.6 is 0 Å². The van der Waals surface area contributed by atoms with E-state index >= 15 is 0 Å². The van der Waals surface area contributed by atoms with Gasteiger partial charge in [0.15, 0.2) is 0 Å². The number of nitrogens with zero attached hydrogens (tertiary/aromatic N) is 3. The lowest BCUT2D eigenvalue weighted by molar-refractivity contribution is -0.130. The first kappa shape index (κ1) is 17.0. The molecule has 0 radical (unpaired) electrons. The van der Waals surface area contributed by atoms with E-state index in [2.05, 4.69) is 0 Å². The number of rotatable bonds is 6. The largest absolute Gasteiger partial charge is 0.378 e. The van der Waals surface area contributed by atoms with Crippen molar-refractivity contribution in [2.75, 3.05) is 43.5 Å². The van der Waals surface area contributed by atoms with E-state index in [0.29, 0.717) is 13.1 Å². The summed E-state index contributed by atoms with van der Waals surface area (Å²) in [6, 6.07) is 7.61. The Morgan fingerprint density at radius 2 is 1.43 bits per heavy atom. The molecular weight excluding hydrogens is 266 g/mol. The van der Waals surface area contributed by atoms with Gasteiger partial charge in [0.25, 0.3) is 0 Å². The summed E-state index contributed by atoms with van der Waals surface area (Å²) in [5.74, 6) is -0.167. The molecule has 0 heterocycles. The third kappa shape index (κ3) is 4.48. The van der Waals surface area contributed by atoms with Gasteiger partial charge in [0, 0.05) is 45.5 Å². The molecule has 0 aromatic heterocycles. The zero-order chi connectivity index (χ0) is 16.0. The van der Waals surface area contributed by atoms with Crippen LogP contribution in [0.2, 0.25) is 0 Å². The second-order valence-electron chi connectivity index (χ2n) is 5.08. The number of carbonyl (C=O) groups is 2. The van der Waals surface area contributed by atoms with Gasteiger partial charge >= 0.3 is 0 Å². The number of benzene rings is 1. The molecule has 0 aliphatic rings. The molecule has 21 heavy (non-hydrogen) atoms. The second kappa shape index (κ2) is 7.67. The third-order valence-electron chi connectivity index (χ3n) is 3.47. The number of hydrogen-bond donors (Lipinski definition) is 0. The molecule has 0 unspecified atom stereocenters. The Kier molecular flexibility index (Phi) is 6.21. The monoisotopic (exact) mass is 291 g/mol. The summed E-state index contributed by atoms with van der Waals surface area (Å²) in [5, 5.41) is 0. The van der Waals surface area contributed by atoms with Crippen LogP contribution in [-0.4, -0.2) is 50.4 Å². The molecule has 0 fully saturated rings. The molecule has 0 N–H and O–H groups in total. The Hall–Kier alpha value is -2.04. The van der Waals surface area contributed by atoms with Crippen LogP contribution in [0.3, 0.4) is 0 Å². The molecule has 5 heteroatoms. The van der Waals surface area contributed by atoms with Gasteiger partial charge in [-0.05, 0) is 38.1 Å². The minimum absolute atomic E-state index is 0.0353. The predicted octanol–water partition coefficient (Wildman–Crippen LogP) is 1.97. The highest BCUT2D eigenvalue weighted by molar-refractivity contribution is 5.97. The molecule has 0 saturated heterocycles. The van der Waals surface area contributed by atoms with Crippen LogP contribution in [0.1, 0.15) is 20.8 Å². The first-order valence-electron chi connectivity index (χ1n) is 7.23. The van der Waals surface area contributed by atoms with Gasteiger partial charge in [-0.1, -0.05) is 0 Å². The summed E-state index contributed by atoms with van der Waals surface area (Å²) in [6.45, 7) is 6.74. The van der Waals surface area contributed by atoms with Crippen molar-refractivity contribution in [3.63, 3.8) is 0 Å². The molecule has 1 rings (SSSR count). The number of carbonyl (C=O) groups excluding carboxylic acids is 2. The normalized spacial score (nSPS) is 10.1. The van der Waals surface area contributed by atoms with Crippen LogP contribution in [0.15, 0.2) is 24.3 Å². The topological polar surface area (TPSA) is 43.9 Å². The van der Waals surface area contributed by atoms with E-state index in [1.165, 1.54) is 11.8 Å². The lowest BCUT2D eigenvalue weighted by Gasteiger charge is -2.25. The van der Waals surface area contributed by atoms with Crippen LogP contribution in [0.5, 0.6) is 0 Å². The molecule has 0 aliphatic heterocycles. The maximum absolute atomic E-state index is 12.2. The number of likely N-dealkylation sites (N-methyl/N-ethyl adjacent to an activating group) is 1. The second-order valence-corrected chi connectivity index (χ2v) is 5.08. The first-order chi connectivity index (χ1) is 9.90. The Bertz CT molecular complexity index is 479. The zero-order valence-corrected chi connectivity index (χ0v) is 13.6. The van der Waals surface area contributed by atoms with Gasteiger partial charge in [0.2, 0.25) is 11.8 Å². The van der Waals surface area contributed by atoms with E-state index in [9.17, 15) is 9.59 Å². The molecule has 5 nitrogen and oxygen atoms in total. The van der Waals surface area contributed by atoms with E-state index < -0.39 is 0 Å². The number of amides is 2. The van der Waals surface area contributed by atoms with Crippen molar-refractivity contribution in [3.8, 4) is 0 Å². The number of hydrogen-bond acceptors (Lipinski definition) is 3. The summed E-state index contributed by atoms with van der Waals surface area (Å²) in [5.41, 5.74) is 1.80. The highest BCUT2D eigenvalue weighted by atomic mass is 16.2. The molecule has 1 aromatic carbocycles. The van der Waals surface area contributed by atoms with Crippen molar-refractivity contribution in [2.24, 2.45) is 0 Å². The quantitative estimate of drug-likeness (QED) is 0.805. The third-order valence-corrected chi connectivity index (χ3v) is 3.47. The van der Waals surface area contributed by atoms with E-state index in [1.54, 1.807) is 4.90 Å². The SMILES string of the molecule is CCN(CC)C(=O)CN(C(C)=O)c1ccc(N(C)C)cc1. The maximum atomic E-state index is 12.2. The Balaban J connectivity index is 2.92. The van der Waals surface area contributed by atoms with E-state index in [0.717, 1.165) is 11.4 Å². The van der Waals surface area contributed by atoms with Gasteiger partial charge in [-0.3, -0.25) is 9.59 Å². The summed E-state index contributed by atoms with van der Waals surface area (Å²) in [6.07, 6.45) is 0. The molecule has 2 amide bonds. The summed E-state index contributed by atoms with van der Waals surface area (Å²) in [7, 11) is 3.92. The molecule has 0 aliphatic carbocycles. The minimum Gasteiger partial charge on any atom is -0.378 e. The average Bonchev–Trinajstić information content (AvgIpc) is 2.45. The minimum atomic E-state index is -0.131. The van der Waals surface area contributed by atoms with Crippen LogP contribution in [0.25, 0.3) is 0 Å². The first-order valence-corrected chi connectivity index (χ1v) is 7.23. The van der Waals surface area contributed by atoms with Crippen LogP contribution in [0, 0.1) is 0 Å². The maximum Gasteiger partial charge on any atom is 0.242 e. The van der Waals surface area contributed by atoms with Crippen LogP contribution in [0.4, 0.5) is 11.4 Å². The smallest absolute Gasteiger partial charge is 0.242 e. The summed E-state index contributed by atoms with van der Waals surface area (Å²) in [4.78, 5) is 29.3. The molecular formula is C16H25N3O2. The molecule has 116 valence electrons. The van der Waals surface area contributed by atoms with Crippen molar-refractivity contribution < 1.29 is 9.59 Å². The predicted molar refractivity (Wildman–Crippen MR) is 86.7 cm³/mol. The highest BCUT2D eigenvalue weighted by Gasteiger charge is 2.18. The fourth-order valence-corrected chi connectivity index (χ4v) is 2.13. The molecule has 0 atom stereocenters. The van der Waals surface area contributed by atoms with Gasteiger partial charge in [0.05, 0.1) is 0 Å². The van der Waals surface area contributed by atoms with Crippen LogP contribution < -0.4 is 9.80 Å². The lowest BCUT2D eigenvalue weighted by Crippen LogP contribution is -2.42. The van der Waals surface area contributed by atoms with Gasteiger partial charge < -0.3 is 14.7 Å². The van der Waals surface area contributed by atoms with E-state index in [4.69, 9.17) is 0 Å². The Morgan fingerprint density at radius 3 is 1.81 bits per heavy atom. The Labute approximate surface area is 127 Å². The fourth-order valence-electron chi connectivity index (χ4n) is 2.13. The van der Waals surface area contributed by atoms with Crippen molar-refractivity contribution in [2.45, 2.75) is 20.8 Å². The van der Waals surface area contributed by atoms with Gasteiger partial charge in [0.1, 0.15) is 6.54 Å². The van der Waals surface area contributed by atoms with Gasteiger partial charge in [-0.25, -0.2) is 0 Å². The molecule has 0 spiro atoms. The molecule has 1 aromatic rings. The standard InChI is InChI=1S/C16H25N3O2/c1-6-18(7-2)16(21)12-19(13(3)20)15-10-8-14(9-11-15)17(4)5/h8-11H,6-7,12H2,1-5H3. The van der Waals surface area contributed by atoms with Crippen molar-refractivity contribution in [1.82, 2.24) is 4.90 Å². The van der Waals surface area contributed by atoms with Crippen LogP contribution in [-0.2, 0) is 9.59 Å². The summed E-state index contributed by atoms with van der Waals surface area (Å²) < 4.78 is 0. The molecule has 0 bridgehead atoms. The van der Waals surface area contributed by atoms with Crippen molar-refractivity contribution >= 4 is 23.2 Å². The van der Waals surface area contributed by atoms with E-state index in [-0.39, 0.29) is 18.4 Å². The fraction of sp³-hybridized carbons (Fsp3) is 0.500. The van der Waals surface area contributed by atoms with Gasteiger partial charge in [-0.2, -0.15) is 0 Å². The zero-order valence-electron chi connectivity index (χ0n) is 13.6. The average molecular weight is 291 g/mol. The Morgan fingerprint density at radius 1 is 0.952 bits per heavy atom. The van der Waals surface area contributed by atoms with Crippen molar-refractivity contribution in [3.05, 3.63) is 24.3 Å². The van der Waals surface area contributed by atoms with Gasteiger partial charge in [-0.15, -0.1) is 0 Å². The lowest BCUT2D eigenvalue weighted by atomic mass is 10.2. The van der Waals surface area contributed by atoms with E-state index in [1.807, 2.05) is 57.1 Å². The number of anilines is 2. The molecule has 0 saturated carbocycles.